The zero-order valence-electron chi connectivity index (χ0n) is 14.8. The summed E-state index contributed by atoms with van der Waals surface area (Å²) >= 11 is 1.51. The number of benzene rings is 1. The first-order chi connectivity index (χ1) is 13.1. The van der Waals surface area contributed by atoms with Gasteiger partial charge in [0.1, 0.15) is 11.5 Å². The Morgan fingerprint density at radius 2 is 2.00 bits per heavy atom. The van der Waals surface area contributed by atoms with Gasteiger partial charge in [-0.15, -0.1) is 11.8 Å². The Kier molecular flexibility index (Phi) is 6.23. The number of nitrogens with one attached hydrogen (secondary N) is 1. The van der Waals surface area contributed by atoms with Gasteiger partial charge in [0.15, 0.2) is 0 Å². The molecule has 0 spiro atoms. The zero-order chi connectivity index (χ0) is 19.2. The molecule has 2 heterocycles. The van der Waals surface area contributed by atoms with Gasteiger partial charge >= 0.3 is 0 Å². The van der Waals surface area contributed by atoms with Gasteiger partial charge in [0.05, 0.1) is 18.9 Å². The summed E-state index contributed by atoms with van der Waals surface area (Å²) in [4.78, 5) is 17.7. The Morgan fingerprint density at radius 1 is 1.19 bits per heavy atom. The predicted octanol–water partition coefficient (Wildman–Crippen LogP) is 2.16. The fraction of sp³-hybridized carbons (Fsp3) is 0.211. The van der Waals surface area contributed by atoms with E-state index in [1.165, 1.54) is 16.4 Å². The molecule has 0 fully saturated rings. The van der Waals surface area contributed by atoms with Crippen LogP contribution in [0.5, 0.6) is 0 Å². The zero-order valence-corrected chi connectivity index (χ0v) is 15.6. The maximum Gasteiger partial charge on any atom is 0.290 e. The average Bonchev–Trinajstić information content (AvgIpc) is 2.70. The SMILES string of the molecule is Cn1nc(-c2ccccc2CO)cc(Nc2ccc(SCCO)cn2)c1=O. The first-order valence-electron chi connectivity index (χ1n) is 8.36. The highest BCUT2D eigenvalue weighted by molar-refractivity contribution is 7.99. The van der Waals surface area contributed by atoms with Crippen LogP contribution in [0.25, 0.3) is 11.3 Å². The summed E-state index contributed by atoms with van der Waals surface area (Å²) in [5.41, 5.74) is 2.15. The molecule has 0 bridgehead atoms. The first kappa shape index (κ1) is 19.1. The lowest BCUT2D eigenvalue weighted by atomic mass is 10.0. The number of nitrogens with zero attached hydrogens (tertiary/aromatic N) is 3. The Bertz CT molecular complexity index is 973. The van der Waals surface area contributed by atoms with Crippen molar-refractivity contribution in [2.45, 2.75) is 11.5 Å². The van der Waals surface area contributed by atoms with Crippen molar-refractivity contribution in [1.82, 2.24) is 14.8 Å². The molecule has 8 heteroatoms. The smallest absolute Gasteiger partial charge is 0.290 e. The van der Waals surface area contributed by atoms with Crippen molar-refractivity contribution >= 4 is 23.3 Å². The van der Waals surface area contributed by atoms with Crippen molar-refractivity contribution in [2.75, 3.05) is 17.7 Å². The summed E-state index contributed by atoms with van der Waals surface area (Å²) in [6.07, 6.45) is 1.69. The van der Waals surface area contributed by atoms with Gasteiger partial charge in [0, 0.05) is 29.5 Å². The van der Waals surface area contributed by atoms with Gasteiger partial charge < -0.3 is 15.5 Å². The third-order valence-corrected chi connectivity index (χ3v) is 4.85. The second-order valence-corrected chi connectivity index (χ2v) is 6.93. The van der Waals surface area contributed by atoms with Gasteiger partial charge in [-0.25, -0.2) is 9.67 Å². The van der Waals surface area contributed by atoms with Gasteiger partial charge in [-0.3, -0.25) is 4.79 Å². The van der Waals surface area contributed by atoms with E-state index in [1.807, 2.05) is 30.3 Å². The monoisotopic (exact) mass is 384 g/mol. The van der Waals surface area contributed by atoms with E-state index < -0.39 is 0 Å². The van der Waals surface area contributed by atoms with Crippen LogP contribution < -0.4 is 10.9 Å². The van der Waals surface area contributed by atoms with Gasteiger partial charge in [-0.2, -0.15) is 5.10 Å². The lowest BCUT2D eigenvalue weighted by Crippen LogP contribution is -2.23. The molecule has 0 radical (unpaired) electrons. The van der Waals surface area contributed by atoms with Crippen LogP contribution in [-0.2, 0) is 13.7 Å². The standard InChI is InChI=1S/C19H20N4O3S/c1-23-19(26)17(21-18-7-6-14(11-20-18)27-9-8-24)10-16(22-23)15-5-3-2-4-13(15)12-25/h2-7,10-11,24-25H,8-9,12H2,1H3,(H,20,21). The molecule has 2 aromatic heterocycles. The Hall–Kier alpha value is -2.68. The molecule has 0 amide bonds. The number of aliphatic hydroxyl groups excluding tert-OH is 2. The summed E-state index contributed by atoms with van der Waals surface area (Å²) in [6, 6.07) is 12.7. The van der Waals surface area contributed by atoms with Crippen LogP contribution in [0.1, 0.15) is 5.56 Å². The summed E-state index contributed by atoms with van der Waals surface area (Å²) in [6.45, 7) is -0.00615. The highest BCUT2D eigenvalue weighted by atomic mass is 32.2. The molecular formula is C19H20N4O3S. The van der Waals surface area contributed by atoms with E-state index in [2.05, 4.69) is 15.4 Å². The minimum atomic E-state index is -0.277. The fourth-order valence-corrected chi connectivity index (χ4v) is 3.20. The average molecular weight is 384 g/mol. The van der Waals surface area contributed by atoms with Crippen molar-refractivity contribution < 1.29 is 10.2 Å². The van der Waals surface area contributed by atoms with Crippen molar-refractivity contribution in [3.8, 4) is 11.3 Å². The number of aliphatic hydroxyl groups is 2. The summed E-state index contributed by atoms with van der Waals surface area (Å²) in [5, 5.41) is 25.8. The molecule has 140 valence electrons. The summed E-state index contributed by atoms with van der Waals surface area (Å²) in [7, 11) is 1.58. The number of anilines is 2. The Morgan fingerprint density at radius 3 is 2.70 bits per heavy atom. The lowest BCUT2D eigenvalue weighted by molar-refractivity contribution is 0.282. The molecule has 27 heavy (non-hydrogen) atoms. The summed E-state index contributed by atoms with van der Waals surface area (Å²) in [5.74, 6) is 1.14. The van der Waals surface area contributed by atoms with E-state index in [0.29, 0.717) is 23.0 Å². The number of pyridine rings is 1. The molecule has 0 saturated carbocycles. The predicted molar refractivity (Wildman–Crippen MR) is 106 cm³/mol. The molecule has 7 nitrogen and oxygen atoms in total. The molecule has 1 aromatic carbocycles. The van der Waals surface area contributed by atoms with Crippen molar-refractivity contribution in [2.24, 2.45) is 7.05 Å². The molecule has 0 aliphatic rings. The van der Waals surface area contributed by atoms with Crippen LogP contribution in [-0.4, -0.2) is 37.3 Å². The summed E-state index contributed by atoms with van der Waals surface area (Å²) < 4.78 is 1.26. The highest BCUT2D eigenvalue weighted by Gasteiger charge is 2.11. The number of thioether (sulfide) groups is 1. The molecular weight excluding hydrogens is 364 g/mol. The Balaban J connectivity index is 1.92. The number of aryl methyl sites for hydroxylation is 1. The largest absolute Gasteiger partial charge is 0.396 e. The van der Waals surface area contributed by atoms with Crippen LogP contribution in [0.4, 0.5) is 11.5 Å². The normalized spacial score (nSPS) is 10.8. The number of rotatable bonds is 7. The third-order valence-electron chi connectivity index (χ3n) is 3.89. The highest BCUT2D eigenvalue weighted by Crippen LogP contribution is 2.24. The number of hydrogen-bond donors (Lipinski definition) is 3. The maximum atomic E-state index is 12.4. The van der Waals surface area contributed by atoms with E-state index in [4.69, 9.17) is 5.11 Å². The van der Waals surface area contributed by atoms with E-state index in [0.717, 1.165) is 16.0 Å². The van der Waals surface area contributed by atoms with Crippen molar-refractivity contribution in [1.29, 1.82) is 0 Å². The van der Waals surface area contributed by atoms with Crippen LogP contribution >= 0.6 is 11.8 Å². The second kappa shape index (κ2) is 8.81. The molecule has 0 unspecified atom stereocenters. The first-order valence-corrected chi connectivity index (χ1v) is 9.35. The van der Waals surface area contributed by atoms with Crippen LogP contribution in [0.3, 0.4) is 0 Å². The minimum absolute atomic E-state index is 0.107. The topological polar surface area (TPSA) is 100 Å². The van der Waals surface area contributed by atoms with Crippen molar-refractivity contribution in [3.05, 3.63) is 64.6 Å². The molecule has 0 aliphatic heterocycles. The third kappa shape index (κ3) is 4.54. The van der Waals surface area contributed by atoms with Gasteiger partial charge in [0.2, 0.25) is 0 Å². The molecule has 0 aliphatic carbocycles. The lowest BCUT2D eigenvalue weighted by Gasteiger charge is -2.11. The van der Waals surface area contributed by atoms with Gasteiger partial charge in [-0.1, -0.05) is 24.3 Å². The number of hydrogen-bond acceptors (Lipinski definition) is 7. The van der Waals surface area contributed by atoms with Gasteiger partial charge in [-0.05, 0) is 23.8 Å². The Labute approximate surface area is 160 Å². The molecule has 3 aromatic rings. The molecule has 3 rings (SSSR count). The number of aromatic nitrogens is 3. The second-order valence-electron chi connectivity index (χ2n) is 5.76. The van der Waals surface area contributed by atoms with E-state index in [1.54, 1.807) is 25.4 Å². The quantitative estimate of drug-likeness (QED) is 0.537. The van der Waals surface area contributed by atoms with Crippen LogP contribution in [0.2, 0.25) is 0 Å². The maximum absolute atomic E-state index is 12.4. The molecule has 0 atom stereocenters. The molecule has 0 saturated heterocycles. The van der Waals surface area contributed by atoms with Crippen LogP contribution in [0, 0.1) is 0 Å². The fourth-order valence-electron chi connectivity index (χ4n) is 2.58. The van der Waals surface area contributed by atoms with E-state index >= 15 is 0 Å². The minimum Gasteiger partial charge on any atom is -0.396 e. The van der Waals surface area contributed by atoms with Gasteiger partial charge in [0.25, 0.3) is 5.56 Å². The van der Waals surface area contributed by atoms with E-state index in [-0.39, 0.29) is 18.8 Å². The van der Waals surface area contributed by atoms with Crippen LogP contribution in [0.15, 0.2) is 58.4 Å². The molecule has 3 N–H and O–H groups in total. The van der Waals surface area contributed by atoms with Crippen molar-refractivity contribution in [3.63, 3.8) is 0 Å². The van der Waals surface area contributed by atoms with E-state index in [9.17, 15) is 9.90 Å².